The zero-order valence-corrected chi connectivity index (χ0v) is 18.8. The Labute approximate surface area is 184 Å². The number of hydrogen-bond donors (Lipinski definition) is 2. The lowest BCUT2D eigenvalue weighted by molar-refractivity contribution is -0.148. The van der Waals surface area contributed by atoms with E-state index in [1.54, 1.807) is 7.11 Å². The van der Waals surface area contributed by atoms with E-state index in [0.29, 0.717) is 13.2 Å². The number of aromatic nitrogens is 1. The van der Waals surface area contributed by atoms with Crippen molar-refractivity contribution in [2.75, 3.05) is 40.4 Å². The molecule has 2 aromatic rings. The molecular weight excluding hydrogens is 392 g/mol. The van der Waals surface area contributed by atoms with Crippen molar-refractivity contribution < 1.29 is 14.3 Å². The maximum absolute atomic E-state index is 13.3. The monoisotopic (exact) mass is 426 g/mol. The summed E-state index contributed by atoms with van der Waals surface area (Å²) in [6.07, 6.45) is 3.68. The lowest BCUT2D eigenvalue weighted by atomic mass is 10.00. The standard InChI is InChI=1S/C24H34N4O3/c1-16(28(18-6-7-18)24(29)23-15-26-11-12-31-23)22-13-17(5-4-10-25-2)20-14-19(30-3)8-9-21(20)27-22/h8-9,13-14,16,18,23,25-26H,4-7,10-12,15H2,1-3H3/t16-,23-/m1/s1. The number of nitrogens with zero attached hydrogens (tertiary/aromatic N) is 2. The van der Waals surface area contributed by atoms with Crippen molar-refractivity contribution in [2.24, 2.45) is 0 Å². The minimum absolute atomic E-state index is 0.0792. The molecule has 0 unspecified atom stereocenters. The molecule has 7 heteroatoms. The van der Waals surface area contributed by atoms with Gasteiger partial charge < -0.3 is 25.0 Å². The maximum Gasteiger partial charge on any atom is 0.253 e. The summed E-state index contributed by atoms with van der Waals surface area (Å²) < 4.78 is 11.2. The van der Waals surface area contributed by atoms with Gasteiger partial charge in [0, 0.05) is 24.5 Å². The van der Waals surface area contributed by atoms with E-state index >= 15 is 0 Å². The van der Waals surface area contributed by atoms with E-state index in [4.69, 9.17) is 14.5 Å². The second kappa shape index (κ2) is 9.94. The Balaban J connectivity index is 1.66. The molecule has 1 aromatic heterocycles. The molecule has 1 amide bonds. The van der Waals surface area contributed by atoms with Crippen LogP contribution in [0.5, 0.6) is 5.75 Å². The molecule has 168 valence electrons. The Morgan fingerprint density at radius 1 is 1.39 bits per heavy atom. The predicted molar refractivity (Wildman–Crippen MR) is 121 cm³/mol. The first kappa shape index (κ1) is 22.0. The first-order chi connectivity index (χ1) is 15.1. The Hall–Kier alpha value is -2.22. The largest absolute Gasteiger partial charge is 0.497 e. The molecule has 2 atom stereocenters. The van der Waals surface area contributed by atoms with Crippen LogP contribution in [0.4, 0.5) is 0 Å². The van der Waals surface area contributed by atoms with E-state index < -0.39 is 6.10 Å². The van der Waals surface area contributed by atoms with Gasteiger partial charge in [-0.25, -0.2) is 0 Å². The SMILES string of the molecule is CNCCCc1cc([C@@H](C)N(C(=O)[C@H]2CNCCO2)C2CC2)nc2ccc(OC)cc12. The van der Waals surface area contributed by atoms with E-state index in [1.165, 1.54) is 5.56 Å². The molecule has 1 aliphatic carbocycles. The molecule has 7 nitrogen and oxygen atoms in total. The molecule has 2 fully saturated rings. The van der Waals surface area contributed by atoms with Crippen molar-refractivity contribution in [1.82, 2.24) is 20.5 Å². The molecule has 2 heterocycles. The van der Waals surface area contributed by atoms with Gasteiger partial charge in [0.25, 0.3) is 5.91 Å². The summed E-state index contributed by atoms with van der Waals surface area (Å²) in [7, 11) is 3.66. The van der Waals surface area contributed by atoms with Crippen LogP contribution in [-0.2, 0) is 16.0 Å². The predicted octanol–water partition coefficient (Wildman–Crippen LogP) is 2.44. The fourth-order valence-electron chi connectivity index (χ4n) is 4.37. The topological polar surface area (TPSA) is 75.7 Å². The van der Waals surface area contributed by atoms with Gasteiger partial charge in [0.1, 0.15) is 11.9 Å². The zero-order valence-electron chi connectivity index (χ0n) is 18.8. The average molecular weight is 427 g/mol. The van der Waals surface area contributed by atoms with E-state index in [2.05, 4.69) is 29.7 Å². The van der Waals surface area contributed by atoms with E-state index in [0.717, 1.165) is 61.1 Å². The number of carbonyl (C=O) groups is 1. The molecule has 1 aromatic carbocycles. The van der Waals surface area contributed by atoms with Crippen LogP contribution in [0.2, 0.25) is 0 Å². The average Bonchev–Trinajstić information content (AvgIpc) is 3.64. The summed E-state index contributed by atoms with van der Waals surface area (Å²) >= 11 is 0. The van der Waals surface area contributed by atoms with Gasteiger partial charge in [-0.05, 0) is 76.0 Å². The van der Waals surface area contributed by atoms with Crippen LogP contribution in [0, 0.1) is 0 Å². The van der Waals surface area contributed by atoms with Crippen molar-refractivity contribution in [3.05, 3.63) is 35.5 Å². The van der Waals surface area contributed by atoms with Crippen LogP contribution in [0.25, 0.3) is 10.9 Å². The first-order valence-electron chi connectivity index (χ1n) is 11.4. The quantitative estimate of drug-likeness (QED) is 0.600. The summed E-state index contributed by atoms with van der Waals surface area (Å²) in [5.74, 6) is 0.914. The number of carbonyl (C=O) groups excluding carboxylic acids is 1. The molecule has 0 spiro atoms. The van der Waals surface area contributed by atoms with Crippen LogP contribution < -0.4 is 15.4 Å². The molecule has 31 heavy (non-hydrogen) atoms. The first-order valence-corrected chi connectivity index (χ1v) is 11.4. The summed E-state index contributed by atoms with van der Waals surface area (Å²) in [6, 6.07) is 8.41. The lowest BCUT2D eigenvalue weighted by Gasteiger charge is -2.34. The van der Waals surface area contributed by atoms with Gasteiger partial charge >= 0.3 is 0 Å². The highest BCUT2D eigenvalue weighted by atomic mass is 16.5. The van der Waals surface area contributed by atoms with Crippen molar-refractivity contribution in [3.63, 3.8) is 0 Å². The van der Waals surface area contributed by atoms with Gasteiger partial charge in [-0.1, -0.05) is 0 Å². The molecule has 2 N–H and O–H groups in total. The smallest absolute Gasteiger partial charge is 0.253 e. The molecule has 0 bridgehead atoms. The number of pyridine rings is 1. The van der Waals surface area contributed by atoms with E-state index in [9.17, 15) is 4.79 Å². The van der Waals surface area contributed by atoms with Crippen LogP contribution in [0.1, 0.15) is 43.5 Å². The molecule has 2 aliphatic rings. The number of ether oxygens (including phenoxy) is 2. The zero-order chi connectivity index (χ0) is 21.8. The summed E-state index contributed by atoms with van der Waals surface area (Å²) in [4.78, 5) is 20.3. The van der Waals surface area contributed by atoms with Gasteiger partial charge in [-0.2, -0.15) is 0 Å². The van der Waals surface area contributed by atoms with Gasteiger partial charge in [-0.15, -0.1) is 0 Å². The molecule has 1 saturated carbocycles. The van der Waals surface area contributed by atoms with Crippen molar-refractivity contribution >= 4 is 16.8 Å². The summed E-state index contributed by atoms with van der Waals surface area (Å²) in [5.41, 5.74) is 3.14. The van der Waals surface area contributed by atoms with Crippen LogP contribution in [0.15, 0.2) is 24.3 Å². The van der Waals surface area contributed by atoms with Crippen molar-refractivity contribution in [2.45, 2.75) is 50.8 Å². The molecule has 1 saturated heterocycles. The third-order valence-electron chi connectivity index (χ3n) is 6.24. The minimum atomic E-state index is -0.406. The number of rotatable bonds is 9. The number of fused-ring (bicyclic) bond motifs is 1. The third-order valence-corrected chi connectivity index (χ3v) is 6.24. The highest BCUT2D eigenvalue weighted by Gasteiger charge is 2.40. The second-order valence-electron chi connectivity index (χ2n) is 8.51. The van der Waals surface area contributed by atoms with Gasteiger partial charge in [0.15, 0.2) is 0 Å². The van der Waals surface area contributed by atoms with Gasteiger partial charge in [0.2, 0.25) is 0 Å². The Kier molecular flexibility index (Phi) is 7.05. The molecule has 1 aliphatic heterocycles. The van der Waals surface area contributed by atoms with Gasteiger partial charge in [0.05, 0.1) is 31.0 Å². The number of hydrogen-bond acceptors (Lipinski definition) is 6. The highest BCUT2D eigenvalue weighted by Crippen LogP contribution is 2.36. The number of benzene rings is 1. The Morgan fingerprint density at radius 2 is 2.23 bits per heavy atom. The minimum Gasteiger partial charge on any atom is -0.497 e. The normalized spacial score (nSPS) is 19.9. The number of aryl methyl sites for hydroxylation is 1. The van der Waals surface area contributed by atoms with Crippen molar-refractivity contribution in [1.29, 1.82) is 0 Å². The summed E-state index contributed by atoms with van der Waals surface area (Å²) in [6.45, 7) is 5.01. The second-order valence-corrected chi connectivity index (χ2v) is 8.51. The van der Waals surface area contributed by atoms with Crippen LogP contribution in [0.3, 0.4) is 0 Å². The number of methoxy groups -OCH3 is 1. The van der Waals surface area contributed by atoms with Crippen LogP contribution in [-0.4, -0.2) is 68.3 Å². The maximum atomic E-state index is 13.3. The van der Waals surface area contributed by atoms with Crippen LogP contribution >= 0.6 is 0 Å². The fraction of sp³-hybridized carbons (Fsp3) is 0.583. The Bertz CT molecular complexity index is 909. The lowest BCUT2D eigenvalue weighted by Crippen LogP contribution is -2.50. The highest BCUT2D eigenvalue weighted by molar-refractivity contribution is 5.85. The Morgan fingerprint density at radius 3 is 2.90 bits per heavy atom. The summed E-state index contributed by atoms with van der Waals surface area (Å²) in [5, 5.41) is 7.62. The van der Waals surface area contributed by atoms with Gasteiger partial charge in [-0.3, -0.25) is 9.78 Å². The number of nitrogens with one attached hydrogen (secondary N) is 2. The molecular formula is C24H34N4O3. The molecule has 0 radical (unpaired) electrons. The van der Waals surface area contributed by atoms with E-state index in [1.807, 2.05) is 24.1 Å². The van der Waals surface area contributed by atoms with E-state index in [-0.39, 0.29) is 18.0 Å². The fourth-order valence-corrected chi connectivity index (χ4v) is 4.37. The van der Waals surface area contributed by atoms with Crippen molar-refractivity contribution in [3.8, 4) is 5.75 Å². The molecule has 4 rings (SSSR count). The number of amides is 1. The number of morpholine rings is 1. The third kappa shape index (κ3) is 5.00.